The Balaban J connectivity index is 1.80. The second-order valence-corrected chi connectivity index (χ2v) is 7.11. The van der Waals surface area contributed by atoms with Crippen LogP contribution in [0.2, 0.25) is 0 Å². The lowest BCUT2D eigenvalue weighted by Crippen LogP contribution is -2.52. The Kier molecular flexibility index (Phi) is 4.78. The van der Waals surface area contributed by atoms with Gasteiger partial charge >= 0.3 is 0 Å². The van der Waals surface area contributed by atoms with E-state index in [1.807, 2.05) is 28.0 Å². The highest BCUT2D eigenvalue weighted by atomic mass is 16.2. The number of nitrogens with zero attached hydrogens (tertiary/aromatic N) is 3. The van der Waals surface area contributed by atoms with E-state index in [4.69, 9.17) is 0 Å². The predicted molar refractivity (Wildman–Crippen MR) is 96.3 cm³/mol. The third-order valence-electron chi connectivity index (χ3n) is 5.19. The smallest absolute Gasteiger partial charge is 0.224 e. The van der Waals surface area contributed by atoms with Gasteiger partial charge in [-0.15, -0.1) is 0 Å². The van der Waals surface area contributed by atoms with Crippen molar-refractivity contribution in [2.75, 3.05) is 36.0 Å². The SMILES string of the molecule is CC(=O)N1CCCC(CN2CC(C)N(C(C)=O)c3ccccc32)C1. The van der Waals surface area contributed by atoms with Crippen molar-refractivity contribution in [2.24, 2.45) is 5.92 Å². The van der Waals surface area contributed by atoms with Gasteiger partial charge in [0.25, 0.3) is 0 Å². The maximum atomic E-state index is 12.0. The summed E-state index contributed by atoms with van der Waals surface area (Å²) in [5, 5.41) is 0. The molecule has 5 heteroatoms. The minimum absolute atomic E-state index is 0.0926. The van der Waals surface area contributed by atoms with Gasteiger partial charge in [-0.1, -0.05) is 12.1 Å². The molecule has 2 aliphatic heterocycles. The summed E-state index contributed by atoms with van der Waals surface area (Å²) < 4.78 is 0. The Morgan fingerprint density at radius 3 is 2.46 bits per heavy atom. The van der Waals surface area contributed by atoms with Gasteiger partial charge in [0.2, 0.25) is 11.8 Å². The van der Waals surface area contributed by atoms with E-state index in [-0.39, 0.29) is 17.9 Å². The molecule has 1 aromatic carbocycles. The number of carbonyl (C=O) groups is 2. The number of fused-ring (bicyclic) bond motifs is 1. The normalized spacial score (nSPS) is 23.9. The van der Waals surface area contributed by atoms with Crippen LogP contribution in [0.3, 0.4) is 0 Å². The molecule has 0 radical (unpaired) electrons. The van der Waals surface area contributed by atoms with Gasteiger partial charge in [-0.3, -0.25) is 9.59 Å². The Bertz CT molecular complexity index is 631. The number of hydrogen-bond acceptors (Lipinski definition) is 3. The van der Waals surface area contributed by atoms with E-state index in [1.165, 1.54) is 0 Å². The van der Waals surface area contributed by atoms with Crippen LogP contribution >= 0.6 is 0 Å². The first-order chi connectivity index (χ1) is 11.5. The number of rotatable bonds is 2. The fourth-order valence-corrected chi connectivity index (χ4v) is 4.14. The molecule has 0 saturated carbocycles. The van der Waals surface area contributed by atoms with Crippen LogP contribution in [0, 0.1) is 5.92 Å². The summed E-state index contributed by atoms with van der Waals surface area (Å²) in [4.78, 5) is 30.0. The summed E-state index contributed by atoms with van der Waals surface area (Å²) in [5.41, 5.74) is 2.13. The average molecular weight is 329 g/mol. The average Bonchev–Trinajstić information content (AvgIpc) is 2.54. The summed E-state index contributed by atoms with van der Waals surface area (Å²) in [5.74, 6) is 0.761. The van der Waals surface area contributed by atoms with Gasteiger partial charge in [0.15, 0.2) is 0 Å². The molecule has 0 bridgehead atoms. The summed E-state index contributed by atoms with van der Waals surface area (Å²) >= 11 is 0. The van der Waals surface area contributed by atoms with Gasteiger partial charge in [0.1, 0.15) is 0 Å². The lowest BCUT2D eigenvalue weighted by molar-refractivity contribution is -0.130. The third-order valence-corrected chi connectivity index (χ3v) is 5.19. The topological polar surface area (TPSA) is 43.9 Å². The predicted octanol–water partition coefficient (Wildman–Crippen LogP) is 2.51. The molecular weight excluding hydrogens is 302 g/mol. The third kappa shape index (κ3) is 3.25. The molecule has 2 heterocycles. The molecule has 0 aromatic heterocycles. The van der Waals surface area contributed by atoms with Gasteiger partial charge in [-0.2, -0.15) is 0 Å². The van der Waals surface area contributed by atoms with Crippen LogP contribution < -0.4 is 9.80 Å². The largest absolute Gasteiger partial charge is 0.367 e. The number of para-hydroxylation sites is 2. The zero-order valence-electron chi connectivity index (χ0n) is 14.9. The van der Waals surface area contributed by atoms with Crippen LogP contribution in [0.15, 0.2) is 24.3 Å². The minimum Gasteiger partial charge on any atom is -0.367 e. The number of likely N-dealkylation sites (tertiary alicyclic amines) is 1. The standard InChI is InChI=1S/C19H27N3O2/c1-14-11-21(13-17-7-6-10-20(12-17)15(2)23)18-8-4-5-9-19(18)22(14)16(3)24/h4-5,8-9,14,17H,6-7,10-13H2,1-3H3. The molecule has 0 aliphatic carbocycles. The van der Waals surface area contributed by atoms with Crippen LogP contribution in [0.4, 0.5) is 11.4 Å². The fraction of sp³-hybridized carbons (Fsp3) is 0.579. The molecule has 2 unspecified atom stereocenters. The van der Waals surface area contributed by atoms with Crippen molar-refractivity contribution < 1.29 is 9.59 Å². The molecule has 2 atom stereocenters. The van der Waals surface area contributed by atoms with Crippen LogP contribution in [0.25, 0.3) is 0 Å². The molecule has 1 aromatic rings. The van der Waals surface area contributed by atoms with E-state index >= 15 is 0 Å². The van der Waals surface area contributed by atoms with Crippen molar-refractivity contribution in [2.45, 2.75) is 39.7 Å². The van der Waals surface area contributed by atoms with E-state index in [0.717, 1.165) is 50.4 Å². The highest BCUT2D eigenvalue weighted by molar-refractivity contribution is 5.97. The maximum Gasteiger partial charge on any atom is 0.224 e. The van der Waals surface area contributed by atoms with E-state index in [2.05, 4.69) is 17.9 Å². The molecule has 2 aliphatic rings. The van der Waals surface area contributed by atoms with E-state index < -0.39 is 0 Å². The molecule has 24 heavy (non-hydrogen) atoms. The minimum atomic E-state index is 0.0926. The number of benzene rings is 1. The van der Waals surface area contributed by atoms with Crippen molar-refractivity contribution >= 4 is 23.2 Å². The van der Waals surface area contributed by atoms with Gasteiger partial charge in [0, 0.05) is 40.0 Å². The van der Waals surface area contributed by atoms with Gasteiger partial charge in [-0.25, -0.2) is 0 Å². The lowest BCUT2D eigenvalue weighted by atomic mass is 9.96. The molecule has 0 spiro atoms. The molecule has 5 nitrogen and oxygen atoms in total. The first kappa shape index (κ1) is 16.8. The van der Waals surface area contributed by atoms with Crippen molar-refractivity contribution in [3.8, 4) is 0 Å². The first-order valence-electron chi connectivity index (χ1n) is 8.86. The van der Waals surface area contributed by atoms with Crippen molar-refractivity contribution in [1.29, 1.82) is 0 Å². The van der Waals surface area contributed by atoms with Gasteiger partial charge in [0.05, 0.1) is 17.4 Å². The molecule has 1 saturated heterocycles. The number of piperidine rings is 1. The summed E-state index contributed by atoms with van der Waals surface area (Å²) in [6, 6.07) is 8.31. The Labute approximate surface area is 144 Å². The van der Waals surface area contributed by atoms with Gasteiger partial charge in [-0.05, 0) is 37.8 Å². The molecule has 0 N–H and O–H groups in total. The van der Waals surface area contributed by atoms with Crippen molar-refractivity contribution in [1.82, 2.24) is 4.90 Å². The van der Waals surface area contributed by atoms with E-state index in [0.29, 0.717) is 5.92 Å². The highest BCUT2D eigenvalue weighted by Crippen LogP contribution is 2.36. The molecule has 3 rings (SSSR count). The fourth-order valence-electron chi connectivity index (χ4n) is 4.14. The number of anilines is 2. The van der Waals surface area contributed by atoms with Crippen molar-refractivity contribution in [3.05, 3.63) is 24.3 Å². The molecule has 2 amide bonds. The lowest BCUT2D eigenvalue weighted by Gasteiger charge is -2.44. The second-order valence-electron chi connectivity index (χ2n) is 7.11. The highest BCUT2D eigenvalue weighted by Gasteiger charge is 2.32. The zero-order chi connectivity index (χ0) is 17.3. The number of amides is 2. The monoisotopic (exact) mass is 329 g/mol. The quantitative estimate of drug-likeness (QED) is 0.837. The van der Waals surface area contributed by atoms with Crippen LogP contribution in [0.1, 0.15) is 33.6 Å². The van der Waals surface area contributed by atoms with Crippen LogP contribution in [-0.4, -0.2) is 48.9 Å². The van der Waals surface area contributed by atoms with Crippen LogP contribution in [-0.2, 0) is 9.59 Å². The first-order valence-corrected chi connectivity index (χ1v) is 8.86. The van der Waals surface area contributed by atoms with E-state index in [1.54, 1.807) is 13.8 Å². The maximum absolute atomic E-state index is 12.0. The zero-order valence-corrected chi connectivity index (χ0v) is 14.9. The summed E-state index contributed by atoms with van der Waals surface area (Å²) in [6.07, 6.45) is 2.24. The molecule has 1 fully saturated rings. The number of carbonyl (C=O) groups excluding carboxylic acids is 2. The van der Waals surface area contributed by atoms with E-state index in [9.17, 15) is 9.59 Å². The van der Waals surface area contributed by atoms with Gasteiger partial charge < -0.3 is 14.7 Å². The number of hydrogen-bond donors (Lipinski definition) is 0. The Morgan fingerprint density at radius 2 is 1.79 bits per heavy atom. The Hall–Kier alpha value is -2.04. The summed E-state index contributed by atoms with van der Waals surface area (Å²) in [7, 11) is 0. The van der Waals surface area contributed by atoms with Crippen LogP contribution in [0.5, 0.6) is 0 Å². The van der Waals surface area contributed by atoms with Crippen molar-refractivity contribution in [3.63, 3.8) is 0 Å². The summed E-state index contributed by atoms with van der Waals surface area (Å²) in [6.45, 7) is 8.91. The molecule has 130 valence electrons. The Morgan fingerprint density at radius 1 is 1.08 bits per heavy atom. The molecular formula is C19H27N3O2. The second kappa shape index (κ2) is 6.83.